The van der Waals surface area contributed by atoms with E-state index in [0.717, 1.165) is 16.9 Å². The zero-order valence-electron chi connectivity index (χ0n) is 14.7. The van der Waals surface area contributed by atoms with Crippen LogP contribution in [-0.2, 0) is 16.0 Å². The van der Waals surface area contributed by atoms with Gasteiger partial charge in [-0.2, -0.15) is 0 Å². The summed E-state index contributed by atoms with van der Waals surface area (Å²) in [6, 6.07) is 15.7. The van der Waals surface area contributed by atoms with Gasteiger partial charge in [0, 0.05) is 23.7 Å². The molecule has 2 N–H and O–H groups in total. The zero-order valence-corrected chi connectivity index (χ0v) is 14.7. The lowest BCUT2D eigenvalue weighted by Crippen LogP contribution is -2.30. The molecule has 4 heteroatoms. The van der Waals surface area contributed by atoms with Crippen LogP contribution in [-0.4, -0.2) is 11.8 Å². The quantitative estimate of drug-likeness (QED) is 0.853. The van der Waals surface area contributed by atoms with Gasteiger partial charge in [0.2, 0.25) is 11.8 Å². The van der Waals surface area contributed by atoms with Crippen LogP contribution in [0.2, 0.25) is 0 Å². The Kier molecular flexibility index (Phi) is 5.17. The first kappa shape index (κ1) is 17.2. The van der Waals surface area contributed by atoms with E-state index in [1.54, 1.807) is 0 Å². The summed E-state index contributed by atoms with van der Waals surface area (Å²) in [6.07, 6.45) is 1.58. The van der Waals surface area contributed by atoms with Crippen LogP contribution < -0.4 is 10.6 Å². The van der Waals surface area contributed by atoms with Crippen molar-refractivity contribution in [2.24, 2.45) is 5.92 Å². The summed E-state index contributed by atoms with van der Waals surface area (Å²) in [7, 11) is 0. The van der Waals surface area contributed by atoms with E-state index >= 15 is 0 Å². The van der Waals surface area contributed by atoms with E-state index in [0.29, 0.717) is 25.2 Å². The topological polar surface area (TPSA) is 58.2 Å². The predicted molar refractivity (Wildman–Crippen MR) is 101 cm³/mol. The first-order valence-electron chi connectivity index (χ1n) is 8.81. The van der Waals surface area contributed by atoms with E-state index in [1.165, 1.54) is 5.56 Å². The van der Waals surface area contributed by atoms with Gasteiger partial charge in [0.1, 0.15) is 0 Å². The highest BCUT2D eigenvalue weighted by molar-refractivity contribution is 5.96. The van der Waals surface area contributed by atoms with Gasteiger partial charge < -0.3 is 10.6 Å². The van der Waals surface area contributed by atoms with Gasteiger partial charge in [0.05, 0.1) is 0 Å². The van der Waals surface area contributed by atoms with Crippen molar-refractivity contribution in [1.82, 2.24) is 0 Å². The maximum Gasteiger partial charge on any atom is 0.227 e. The van der Waals surface area contributed by atoms with Gasteiger partial charge in [-0.15, -0.1) is 0 Å². The average molecular weight is 336 g/mol. The number of rotatable bonds is 5. The van der Waals surface area contributed by atoms with Gasteiger partial charge in [-0.1, -0.05) is 44.2 Å². The van der Waals surface area contributed by atoms with Crippen LogP contribution in [0.25, 0.3) is 0 Å². The lowest BCUT2D eigenvalue weighted by molar-refractivity contribution is -0.121. The summed E-state index contributed by atoms with van der Waals surface area (Å²) >= 11 is 0. The molecule has 25 heavy (non-hydrogen) atoms. The summed E-state index contributed by atoms with van der Waals surface area (Å²) in [6.45, 7) is 4.28. The Balaban J connectivity index is 1.53. The number of benzene rings is 2. The third-order valence-corrected chi connectivity index (χ3v) is 4.69. The summed E-state index contributed by atoms with van der Waals surface area (Å²) in [4.78, 5) is 24.4. The van der Waals surface area contributed by atoms with Crippen molar-refractivity contribution in [2.45, 2.75) is 39.0 Å². The molecule has 4 nitrogen and oxygen atoms in total. The molecule has 0 aliphatic carbocycles. The second kappa shape index (κ2) is 7.51. The van der Waals surface area contributed by atoms with Crippen molar-refractivity contribution in [3.63, 3.8) is 0 Å². The molecule has 1 aliphatic heterocycles. The highest BCUT2D eigenvalue weighted by Crippen LogP contribution is 2.27. The van der Waals surface area contributed by atoms with Crippen LogP contribution in [0.15, 0.2) is 48.5 Å². The van der Waals surface area contributed by atoms with Crippen molar-refractivity contribution in [2.75, 3.05) is 10.6 Å². The third-order valence-electron chi connectivity index (χ3n) is 4.69. The monoisotopic (exact) mass is 336 g/mol. The molecule has 2 amide bonds. The number of hydrogen-bond acceptors (Lipinski definition) is 2. The molecular weight excluding hydrogens is 312 g/mol. The number of fused-ring (bicyclic) bond motifs is 1. The van der Waals surface area contributed by atoms with Gasteiger partial charge in [-0.3, -0.25) is 9.59 Å². The maximum absolute atomic E-state index is 12.2. The second-order valence-corrected chi connectivity index (χ2v) is 6.91. The number of hydrogen-bond donors (Lipinski definition) is 2. The minimum atomic E-state index is -0.149. The molecule has 0 fully saturated rings. The van der Waals surface area contributed by atoms with Crippen LogP contribution in [0.4, 0.5) is 11.4 Å². The van der Waals surface area contributed by atoms with Gasteiger partial charge in [-0.25, -0.2) is 0 Å². The van der Waals surface area contributed by atoms with Crippen molar-refractivity contribution in [3.05, 3.63) is 59.7 Å². The van der Waals surface area contributed by atoms with Crippen LogP contribution in [0, 0.1) is 5.92 Å². The number of nitrogens with one attached hydrogen (secondary N) is 2. The number of amides is 2. The van der Waals surface area contributed by atoms with E-state index < -0.39 is 0 Å². The smallest absolute Gasteiger partial charge is 0.227 e. The summed E-state index contributed by atoms with van der Waals surface area (Å²) in [5.74, 6) is 0.276. The molecular formula is C21H24N2O2. The minimum Gasteiger partial charge on any atom is -0.326 e. The Morgan fingerprint density at radius 3 is 2.60 bits per heavy atom. The molecule has 1 aliphatic rings. The summed E-state index contributed by atoms with van der Waals surface area (Å²) in [5.41, 5.74) is 4.07. The molecule has 0 saturated heterocycles. The van der Waals surface area contributed by atoms with Crippen molar-refractivity contribution >= 4 is 23.2 Å². The van der Waals surface area contributed by atoms with Crippen LogP contribution in [0.5, 0.6) is 0 Å². The Hall–Kier alpha value is -2.62. The Morgan fingerprint density at radius 2 is 1.88 bits per heavy atom. The van der Waals surface area contributed by atoms with E-state index in [4.69, 9.17) is 0 Å². The van der Waals surface area contributed by atoms with E-state index in [1.807, 2.05) is 48.5 Å². The van der Waals surface area contributed by atoms with Crippen molar-refractivity contribution in [3.8, 4) is 0 Å². The van der Waals surface area contributed by atoms with Gasteiger partial charge in [0.25, 0.3) is 0 Å². The molecule has 0 radical (unpaired) electrons. The molecule has 1 heterocycles. The van der Waals surface area contributed by atoms with Gasteiger partial charge in [0.15, 0.2) is 0 Å². The predicted octanol–water partition coefficient (Wildman–Crippen LogP) is 4.34. The fraction of sp³-hybridized carbons (Fsp3) is 0.333. The number of anilines is 2. The lowest BCUT2D eigenvalue weighted by Gasteiger charge is -2.24. The molecule has 0 aromatic heterocycles. The number of carbonyl (C=O) groups excluding carboxylic acids is 2. The summed E-state index contributed by atoms with van der Waals surface area (Å²) < 4.78 is 0. The van der Waals surface area contributed by atoms with E-state index in [2.05, 4.69) is 24.5 Å². The SMILES string of the molecule is CC(C)c1ccc(NC(=O)CCC2Cc3ccccc3NC2=O)cc1. The van der Waals surface area contributed by atoms with Crippen molar-refractivity contribution in [1.29, 1.82) is 0 Å². The fourth-order valence-electron chi connectivity index (χ4n) is 3.13. The molecule has 2 aromatic carbocycles. The molecule has 130 valence electrons. The third kappa shape index (κ3) is 4.27. The van der Waals surface area contributed by atoms with Crippen LogP contribution in [0.1, 0.15) is 43.7 Å². The van der Waals surface area contributed by atoms with Gasteiger partial charge >= 0.3 is 0 Å². The van der Waals surface area contributed by atoms with E-state index in [9.17, 15) is 9.59 Å². The largest absolute Gasteiger partial charge is 0.326 e. The Labute approximate surface area is 148 Å². The maximum atomic E-state index is 12.2. The molecule has 1 atom stereocenters. The molecule has 2 aromatic rings. The Bertz CT molecular complexity index is 766. The number of carbonyl (C=O) groups is 2. The average Bonchev–Trinajstić information content (AvgIpc) is 2.60. The van der Waals surface area contributed by atoms with Crippen LogP contribution in [0.3, 0.4) is 0 Å². The number of para-hydroxylation sites is 1. The lowest BCUT2D eigenvalue weighted by atomic mass is 9.89. The first-order valence-corrected chi connectivity index (χ1v) is 8.81. The first-order chi connectivity index (χ1) is 12.0. The highest BCUT2D eigenvalue weighted by atomic mass is 16.2. The summed E-state index contributed by atoms with van der Waals surface area (Å²) in [5, 5.41) is 5.84. The van der Waals surface area contributed by atoms with Gasteiger partial charge in [-0.05, 0) is 48.1 Å². The molecule has 0 bridgehead atoms. The second-order valence-electron chi connectivity index (χ2n) is 6.91. The normalized spacial score (nSPS) is 16.3. The Morgan fingerprint density at radius 1 is 1.16 bits per heavy atom. The van der Waals surface area contributed by atoms with E-state index in [-0.39, 0.29) is 17.7 Å². The van der Waals surface area contributed by atoms with Crippen LogP contribution >= 0.6 is 0 Å². The standard InChI is InChI=1S/C21H24N2O2/c1-14(2)15-7-10-18(11-8-15)22-20(24)12-9-17-13-16-5-3-4-6-19(16)23-21(17)25/h3-8,10-11,14,17H,9,12-13H2,1-2H3,(H,22,24)(H,23,25). The minimum absolute atomic E-state index is 0.00721. The molecule has 0 saturated carbocycles. The fourth-order valence-corrected chi connectivity index (χ4v) is 3.13. The molecule has 1 unspecified atom stereocenters. The highest BCUT2D eigenvalue weighted by Gasteiger charge is 2.26. The van der Waals surface area contributed by atoms with Crippen molar-refractivity contribution < 1.29 is 9.59 Å². The molecule has 0 spiro atoms. The zero-order chi connectivity index (χ0) is 17.8. The molecule has 3 rings (SSSR count).